The predicted molar refractivity (Wildman–Crippen MR) is 87.9 cm³/mol. The first-order chi connectivity index (χ1) is 10.5. The molecule has 3 N–H and O–H groups in total. The summed E-state index contributed by atoms with van der Waals surface area (Å²) in [6.07, 6.45) is 5.69. The van der Waals surface area contributed by atoms with Gasteiger partial charge in [0.15, 0.2) is 0 Å². The molecule has 2 aliphatic rings. The van der Waals surface area contributed by atoms with Crippen LogP contribution in [0, 0.1) is 0 Å². The molecular weight excluding hydrogens is 278 g/mol. The van der Waals surface area contributed by atoms with E-state index in [1.54, 1.807) is 0 Å². The molecule has 1 aliphatic heterocycles. The summed E-state index contributed by atoms with van der Waals surface area (Å²) >= 11 is 0. The molecule has 1 aliphatic carbocycles. The zero-order valence-corrected chi connectivity index (χ0v) is 13.4. The lowest BCUT2D eigenvalue weighted by Gasteiger charge is -2.36. The van der Waals surface area contributed by atoms with E-state index in [9.17, 15) is 4.79 Å². The van der Waals surface area contributed by atoms with Crippen molar-refractivity contribution in [2.45, 2.75) is 37.3 Å². The number of anilines is 2. The Morgan fingerprint density at radius 3 is 2.55 bits per heavy atom. The summed E-state index contributed by atoms with van der Waals surface area (Å²) in [5.41, 5.74) is 6.33. The van der Waals surface area contributed by atoms with Gasteiger partial charge in [-0.05, 0) is 51.9 Å². The lowest BCUT2D eigenvalue weighted by molar-refractivity contribution is -0.118. The summed E-state index contributed by atoms with van der Waals surface area (Å²) in [6, 6.07) is 4.55. The van der Waals surface area contributed by atoms with Gasteiger partial charge < -0.3 is 20.9 Å². The van der Waals surface area contributed by atoms with Gasteiger partial charge in [-0.15, -0.1) is 0 Å². The maximum absolute atomic E-state index is 11.9. The van der Waals surface area contributed by atoms with Crippen molar-refractivity contribution in [3.8, 4) is 0 Å². The van der Waals surface area contributed by atoms with Crippen LogP contribution >= 0.6 is 0 Å². The lowest BCUT2D eigenvalue weighted by atomic mass is 10.0. The summed E-state index contributed by atoms with van der Waals surface area (Å²) < 4.78 is 0. The SMILES string of the molecule is CN(C)C1CCN(c2ccc(NC(=O)C3(N)CC3)nc2)CC1. The normalized spacial score (nSPS) is 21.0. The van der Waals surface area contributed by atoms with Crippen molar-refractivity contribution in [3.63, 3.8) is 0 Å². The van der Waals surface area contributed by atoms with E-state index in [2.05, 4.69) is 34.2 Å². The highest BCUT2D eigenvalue weighted by Crippen LogP contribution is 2.33. The van der Waals surface area contributed by atoms with Gasteiger partial charge in [-0.2, -0.15) is 0 Å². The molecule has 0 unspecified atom stereocenters. The van der Waals surface area contributed by atoms with Gasteiger partial charge in [-0.3, -0.25) is 4.79 Å². The van der Waals surface area contributed by atoms with Gasteiger partial charge >= 0.3 is 0 Å². The number of carbonyl (C=O) groups excluding carboxylic acids is 1. The van der Waals surface area contributed by atoms with Crippen LogP contribution in [-0.2, 0) is 4.79 Å². The van der Waals surface area contributed by atoms with Crippen LogP contribution in [-0.4, -0.2) is 54.6 Å². The van der Waals surface area contributed by atoms with Crippen LogP contribution in [0.15, 0.2) is 18.3 Å². The number of nitrogens with zero attached hydrogens (tertiary/aromatic N) is 3. The number of hydrogen-bond donors (Lipinski definition) is 2. The summed E-state index contributed by atoms with van der Waals surface area (Å²) in [5, 5.41) is 2.80. The van der Waals surface area contributed by atoms with Crippen molar-refractivity contribution in [2.75, 3.05) is 37.4 Å². The van der Waals surface area contributed by atoms with E-state index in [1.807, 2.05) is 18.3 Å². The molecular formula is C16H25N5O. The Morgan fingerprint density at radius 1 is 1.36 bits per heavy atom. The monoisotopic (exact) mass is 303 g/mol. The molecule has 0 aromatic carbocycles. The molecule has 0 radical (unpaired) electrons. The second-order valence-electron chi connectivity index (χ2n) is 6.69. The second-order valence-corrected chi connectivity index (χ2v) is 6.69. The molecule has 0 spiro atoms. The average Bonchev–Trinajstić information content (AvgIpc) is 3.27. The summed E-state index contributed by atoms with van der Waals surface area (Å²) in [4.78, 5) is 20.9. The maximum Gasteiger partial charge on any atom is 0.245 e. The van der Waals surface area contributed by atoms with Crippen molar-refractivity contribution < 1.29 is 4.79 Å². The maximum atomic E-state index is 11.9. The fourth-order valence-electron chi connectivity index (χ4n) is 2.89. The molecule has 1 saturated carbocycles. The fourth-order valence-corrected chi connectivity index (χ4v) is 2.89. The molecule has 1 aromatic heterocycles. The van der Waals surface area contributed by atoms with Crippen LogP contribution in [0.1, 0.15) is 25.7 Å². The highest BCUT2D eigenvalue weighted by Gasteiger charge is 2.46. The molecule has 6 nitrogen and oxygen atoms in total. The Kier molecular flexibility index (Phi) is 4.06. The molecule has 0 atom stereocenters. The smallest absolute Gasteiger partial charge is 0.245 e. The molecule has 6 heteroatoms. The Labute approximate surface area is 131 Å². The number of piperidine rings is 1. The summed E-state index contributed by atoms with van der Waals surface area (Å²) in [5.74, 6) is 0.452. The number of aromatic nitrogens is 1. The minimum atomic E-state index is -0.658. The number of carbonyl (C=O) groups is 1. The molecule has 1 aromatic rings. The zero-order valence-electron chi connectivity index (χ0n) is 13.4. The second kappa shape index (κ2) is 5.85. The molecule has 1 saturated heterocycles. The summed E-state index contributed by atoms with van der Waals surface area (Å²) in [7, 11) is 4.28. The van der Waals surface area contributed by atoms with Crippen molar-refractivity contribution >= 4 is 17.4 Å². The van der Waals surface area contributed by atoms with Crippen molar-refractivity contribution in [3.05, 3.63) is 18.3 Å². The van der Waals surface area contributed by atoms with Crippen LogP contribution in [0.5, 0.6) is 0 Å². The minimum Gasteiger partial charge on any atom is -0.370 e. The van der Waals surface area contributed by atoms with Gasteiger partial charge in [0.25, 0.3) is 0 Å². The Bertz CT molecular complexity index is 530. The predicted octanol–water partition coefficient (Wildman–Crippen LogP) is 1.04. The van der Waals surface area contributed by atoms with Crippen LogP contribution in [0.4, 0.5) is 11.5 Å². The fraction of sp³-hybridized carbons (Fsp3) is 0.625. The molecule has 2 heterocycles. The average molecular weight is 303 g/mol. The first-order valence-electron chi connectivity index (χ1n) is 7.96. The van der Waals surface area contributed by atoms with Gasteiger partial charge in [0.2, 0.25) is 5.91 Å². The topological polar surface area (TPSA) is 74.5 Å². The first-order valence-corrected chi connectivity index (χ1v) is 7.96. The zero-order chi connectivity index (χ0) is 15.7. The highest BCUT2D eigenvalue weighted by molar-refractivity contribution is 5.99. The molecule has 2 fully saturated rings. The van der Waals surface area contributed by atoms with E-state index in [1.165, 1.54) is 12.8 Å². The first kappa shape index (κ1) is 15.2. The number of nitrogens with two attached hydrogens (primary N) is 1. The number of hydrogen-bond acceptors (Lipinski definition) is 5. The Hall–Kier alpha value is -1.66. The molecule has 3 rings (SSSR count). The van der Waals surface area contributed by atoms with Crippen molar-refractivity contribution in [1.82, 2.24) is 9.88 Å². The number of nitrogens with one attached hydrogen (secondary N) is 1. The van der Waals surface area contributed by atoms with Gasteiger partial charge in [-0.25, -0.2) is 4.98 Å². The van der Waals surface area contributed by atoms with Gasteiger partial charge in [0.1, 0.15) is 5.82 Å². The van der Waals surface area contributed by atoms with Crippen LogP contribution < -0.4 is 16.0 Å². The highest BCUT2D eigenvalue weighted by atomic mass is 16.2. The molecule has 1 amide bonds. The van der Waals surface area contributed by atoms with E-state index in [-0.39, 0.29) is 5.91 Å². The molecule has 0 bridgehead atoms. The third kappa shape index (κ3) is 3.23. The lowest BCUT2D eigenvalue weighted by Crippen LogP contribution is -2.42. The van der Waals surface area contributed by atoms with Crippen LogP contribution in [0.25, 0.3) is 0 Å². The third-order valence-electron chi connectivity index (χ3n) is 4.79. The van der Waals surface area contributed by atoms with E-state index < -0.39 is 5.54 Å². The number of amides is 1. The van der Waals surface area contributed by atoms with Crippen LogP contribution in [0.3, 0.4) is 0 Å². The van der Waals surface area contributed by atoms with Gasteiger partial charge in [-0.1, -0.05) is 0 Å². The largest absolute Gasteiger partial charge is 0.370 e. The molecule has 22 heavy (non-hydrogen) atoms. The Balaban J connectivity index is 1.57. The van der Waals surface area contributed by atoms with Gasteiger partial charge in [0, 0.05) is 19.1 Å². The quantitative estimate of drug-likeness (QED) is 0.869. The standard InChI is InChI=1S/C16H25N5O/c1-20(2)12-5-9-21(10-6-12)13-3-4-14(18-11-13)19-15(22)16(17)7-8-16/h3-4,11-12H,5-10,17H2,1-2H3,(H,18,19,22). The van der Waals surface area contributed by atoms with E-state index in [0.717, 1.165) is 31.6 Å². The van der Waals surface area contributed by atoms with E-state index in [4.69, 9.17) is 5.73 Å². The number of pyridine rings is 1. The van der Waals surface area contributed by atoms with Crippen LogP contribution in [0.2, 0.25) is 0 Å². The van der Waals surface area contributed by atoms with Gasteiger partial charge in [0.05, 0.1) is 17.4 Å². The number of rotatable bonds is 4. The van der Waals surface area contributed by atoms with Crippen molar-refractivity contribution in [2.24, 2.45) is 5.73 Å². The minimum absolute atomic E-state index is 0.125. The van der Waals surface area contributed by atoms with E-state index in [0.29, 0.717) is 11.9 Å². The van der Waals surface area contributed by atoms with E-state index >= 15 is 0 Å². The summed E-state index contributed by atoms with van der Waals surface area (Å²) in [6.45, 7) is 2.09. The Morgan fingerprint density at radius 2 is 2.05 bits per heavy atom. The van der Waals surface area contributed by atoms with Crippen molar-refractivity contribution in [1.29, 1.82) is 0 Å². The molecule has 120 valence electrons. The third-order valence-corrected chi connectivity index (χ3v) is 4.79.